The summed E-state index contributed by atoms with van der Waals surface area (Å²) in [5.74, 6) is 1.11. The molecule has 1 heterocycles. The summed E-state index contributed by atoms with van der Waals surface area (Å²) in [5, 5.41) is 3.35. The molecule has 2 aliphatic rings. The van der Waals surface area contributed by atoms with Gasteiger partial charge in [0.2, 0.25) is 0 Å². The van der Waals surface area contributed by atoms with Crippen molar-refractivity contribution in [1.29, 1.82) is 0 Å². The number of amidine groups is 1. The van der Waals surface area contributed by atoms with Crippen LogP contribution >= 0.6 is 0 Å². The largest absolute Gasteiger partial charge is 0.369 e. The van der Waals surface area contributed by atoms with Gasteiger partial charge < -0.3 is 5.32 Å². The van der Waals surface area contributed by atoms with Gasteiger partial charge in [0.15, 0.2) is 0 Å². The van der Waals surface area contributed by atoms with Crippen molar-refractivity contribution >= 4 is 5.84 Å². The predicted octanol–water partition coefficient (Wildman–Crippen LogP) is 1.10. The highest BCUT2D eigenvalue weighted by molar-refractivity contribution is 5.82. The van der Waals surface area contributed by atoms with Gasteiger partial charge in [0.25, 0.3) is 0 Å². The van der Waals surface area contributed by atoms with Crippen LogP contribution in [0.1, 0.15) is 19.8 Å². The van der Waals surface area contributed by atoms with Crippen molar-refractivity contribution in [2.75, 3.05) is 0 Å². The molecule has 2 nitrogen and oxygen atoms in total. The first kappa shape index (κ1) is 5.96. The minimum atomic E-state index is 0.532. The van der Waals surface area contributed by atoms with Gasteiger partial charge in [0.05, 0.1) is 17.9 Å². The summed E-state index contributed by atoms with van der Waals surface area (Å²) in [4.78, 5) is 4.46. The molecule has 0 bridgehead atoms. The van der Waals surface area contributed by atoms with Crippen LogP contribution in [0, 0.1) is 0 Å². The first-order chi connectivity index (χ1) is 4.86. The van der Waals surface area contributed by atoms with Crippen molar-refractivity contribution in [1.82, 2.24) is 5.32 Å². The van der Waals surface area contributed by atoms with Crippen LogP contribution in [-0.4, -0.2) is 17.9 Å². The summed E-state index contributed by atoms with van der Waals surface area (Å²) in [6, 6.07) is 1.13. The minimum absolute atomic E-state index is 0.532. The number of rotatable bonds is 0. The molecule has 10 heavy (non-hydrogen) atoms. The average molecular weight is 136 g/mol. The fourth-order valence-corrected chi connectivity index (χ4v) is 1.65. The first-order valence-corrected chi connectivity index (χ1v) is 3.82. The molecule has 1 aliphatic carbocycles. The maximum absolute atomic E-state index is 4.46. The molecular weight excluding hydrogens is 124 g/mol. The van der Waals surface area contributed by atoms with Gasteiger partial charge in [-0.05, 0) is 19.8 Å². The molecule has 54 valence electrons. The molecule has 0 fully saturated rings. The molecule has 1 aliphatic heterocycles. The Morgan fingerprint density at radius 1 is 1.50 bits per heavy atom. The minimum Gasteiger partial charge on any atom is -0.369 e. The normalized spacial score (nSPS) is 36.7. The van der Waals surface area contributed by atoms with Gasteiger partial charge in [-0.3, -0.25) is 4.99 Å². The Morgan fingerprint density at radius 3 is 3.10 bits per heavy atom. The van der Waals surface area contributed by atoms with E-state index in [4.69, 9.17) is 0 Å². The summed E-state index contributed by atoms with van der Waals surface area (Å²) in [6.45, 7) is 2.04. The highest BCUT2D eigenvalue weighted by Crippen LogP contribution is 2.19. The van der Waals surface area contributed by atoms with Crippen LogP contribution in [0.3, 0.4) is 0 Å². The fraction of sp³-hybridized carbons (Fsp3) is 0.625. The maximum Gasteiger partial charge on any atom is 0.0939 e. The van der Waals surface area contributed by atoms with Crippen LogP contribution in [-0.2, 0) is 0 Å². The van der Waals surface area contributed by atoms with E-state index in [9.17, 15) is 0 Å². The van der Waals surface area contributed by atoms with Gasteiger partial charge in [0.1, 0.15) is 0 Å². The van der Waals surface area contributed by atoms with E-state index < -0.39 is 0 Å². The van der Waals surface area contributed by atoms with E-state index in [2.05, 4.69) is 22.5 Å². The van der Waals surface area contributed by atoms with Crippen molar-refractivity contribution < 1.29 is 0 Å². The number of hydrogen-bond donors (Lipinski definition) is 1. The van der Waals surface area contributed by atoms with Crippen molar-refractivity contribution in [2.45, 2.75) is 31.8 Å². The van der Waals surface area contributed by atoms with E-state index in [1.807, 2.05) is 6.92 Å². The van der Waals surface area contributed by atoms with E-state index in [1.54, 1.807) is 0 Å². The lowest BCUT2D eigenvalue weighted by atomic mass is 9.98. The molecule has 0 aromatic carbocycles. The van der Waals surface area contributed by atoms with Crippen LogP contribution in [0.15, 0.2) is 17.1 Å². The second-order valence-electron chi connectivity index (χ2n) is 2.98. The molecule has 2 heteroatoms. The van der Waals surface area contributed by atoms with E-state index in [-0.39, 0.29) is 0 Å². The summed E-state index contributed by atoms with van der Waals surface area (Å²) >= 11 is 0. The Kier molecular flexibility index (Phi) is 1.26. The lowest BCUT2D eigenvalue weighted by Crippen LogP contribution is -2.34. The van der Waals surface area contributed by atoms with Gasteiger partial charge in [-0.2, -0.15) is 0 Å². The lowest BCUT2D eigenvalue weighted by molar-refractivity contribution is 0.514. The standard InChI is InChI=1S/C8H12N2/c1-6-9-7-4-2-3-5-8(7)10-6/h2-3,7-8H,4-5H2,1H3,(H,9,10)/t7-,8+. The summed E-state index contributed by atoms with van der Waals surface area (Å²) < 4.78 is 0. The zero-order chi connectivity index (χ0) is 6.97. The highest BCUT2D eigenvalue weighted by Gasteiger charge is 2.26. The third-order valence-corrected chi connectivity index (χ3v) is 2.15. The van der Waals surface area contributed by atoms with Crippen LogP contribution in [0.25, 0.3) is 0 Å². The average Bonchev–Trinajstić information content (AvgIpc) is 2.27. The second-order valence-corrected chi connectivity index (χ2v) is 2.98. The van der Waals surface area contributed by atoms with E-state index in [0.717, 1.165) is 18.7 Å². The van der Waals surface area contributed by atoms with Gasteiger partial charge in [-0.1, -0.05) is 12.2 Å². The lowest BCUT2D eigenvalue weighted by Gasteiger charge is -2.18. The van der Waals surface area contributed by atoms with Crippen molar-refractivity contribution in [2.24, 2.45) is 4.99 Å². The molecule has 2 atom stereocenters. The number of nitrogens with zero attached hydrogens (tertiary/aromatic N) is 1. The topological polar surface area (TPSA) is 24.4 Å². The number of aliphatic imine (C=N–C) groups is 1. The Balaban J connectivity index is 2.14. The van der Waals surface area contributed by atoms with E-state index in [1.165, 1.54) is 0 Å². The fourth-order valence-electron chi connectivity index (χ4n) is 1.65. The molecule has 0 aromatic rings. The van der Waals surface area contributed by atoms with E-state index in [0.29, 0.717) is 12.1 Å². The van der Waals surface area contributed by atoms with Crippen LogP contribution in [0.4, 0.5) is 0 Å². The predicted molar refractivity (Wildman–Crippen MR) is 42.2 cm³/mol. The van der Waals surface area contributed by atoms with Crippen molar-refractivity contribution in [3.8, 4) is 0 Å². The molecule has 0 amide bonds. The molecule has 0 spiro atoms. The smallest absolute Gasteiger partial charge is 0.0939 e. The molecule has 0 radical (unpaired) electrons. The molecule has 0 saturated carbocycles. The number of hydrogen-bond acceptors (Lipinski definition) is 2. The zero-order valence-electron chi connectivity index (χ0n) is 6.17. The van der Waals surface area contributed by atoms with E-state index >= 15 is 0 Å². The molecule has 2 rings (SSSR count). The molecule has 0 saturated heterocycles. The summed E-state index contributed by atoms with van der Waals surface area (Å²) in [6.07, 6.45) is 6.73. The second kappa shape index (κ2) is 2.11. The Morgan fingerprint density at radius 2 is 2.30 bits per heavy atom. The van der Waals surface area contributed by atoms with Crippen molar-refractivity contribution in [3.05, 3.63) is 12.2 Å². The van der Waals surface area contributed by atoms with Gasteiger partial charge in [-0.15, -0.1) is 0 Å². The third kappa shape index (κ3) is 0.838. The van der Waals surface area contributed by atoms with Crippen molar-refractivity contribution in [3.63, 3.8) is 0 Å². The monoisotopic (exact) mass is 136 g/mol. The maximum atomic E-state index is 4.46. The number of nitrogens with one attached hydrogen (secondary N) is 1. The van der Waals surface area contributed by atoms with Crippen LogP contribution < -0.4 is 5.32 Å². The van der Waals surface area contributed by atoms with Gasteiger partial charge in [-0.25, -0.2) is 0 Å². The SMILES string of the molecule is CC1=N[C@@H]2CC=CC[C@@H]2N1. The summed E-state index contributed by atoms with van der Waals surface area (Å²) in [5.41, 5.74) is 0. The van der Waals surface area contributed by atoms with Crippen LogP contribution in [0.5, 0.6) is 0 Å². The summed E-state index contributed by atoms with van der Waals surface area (Å²) in [7, 11) is 0. The van der Waals surface area contributed by atoms with Gasteiger partial charge >= 0.3 is 0 Å². The first-order valence-electron chi connectivity index (χ1n) is 3.82. The molecule has 0 aromatic heterocycles. The Labute approximate surface area is 61.0 Å². The number of fused-ring (bicyclic) bond motifs is 1. The van der Waals surface area contributed by atoms with Crippen LogP contribution in [0.2, 0.25) is 0 Å². The molecule has 1 N–H and O–H groups in total. The molecular formula is C8H12N2. The van der Waals surface area contributed by atoms with Gasteiger partial charge in [0, 0.05) is 0 Å². The quantitative estimate of drug-likeness (QED) is 0.495. The highest BCUT2D eigenvalue weighted by atomic mass is 15.1. The third-order valence-electron chi connectivity index (χ3n) is 2.15. The molecule has 0 unspecified atom stereocenters. The zero-order valence-corrected chi connectivity index (χ0v) is 6.17. The Hall–Kier alpha value is -0.790. The Bertz CT molecular complexity index is 193.